The number of halogens is 2. The Morgan fingerprint density at radius 1 is 1.25 bits per heavy atom. The molecule has 126 valence electrons. The van der Waals surface area contributed by atoms with E-state index in [0.29, 0.717) is 27.8 Å². The average Bonchev–Trinajstić information content (AvgIpc) is 2.50. The van der Waals surface area contributed by atoms with Crippen LogP contribution in [0.25, 0.3) is 0 Å². The van der Waals surface area contributed by atoms with Crippen LogP contribution in [0.3, 0.4) is 0 Å². The van der Waals surface area contributed by atoms with Gasteiger partial charge in [-0.15, -0.1) is 0 Å². The summed E-state index contributed by atoms with van der Waals surface area (Å²) in [6.45, 7) is 3.68. The molecule has 3 rings (SSSR count). The van der Waals surface area contributed by atoms with Crippen molar-refractivity contribution in [1.82, 2.24) is 0 Å². The van der Waals surface area contributed by atoms with Crippen molar-refractivity contribution in [2.45, 2.75) is 39.5 Å². The number of hydrogen-bond donors (Lipinski definition) is 1. The zero-order valence-electron chi connectivity index (χ0n) is 14.0. The van der Waals surface area contributed by atoms with Gasteiger partial charge in [0.25, 0.3) is 5.91 Å². The minimum atomic E-state index is -0.333. The van der Waals surface area contributed by atoms with Gasteiger partial charge >= 0.3 is 0 Å². The summed E-state index contributed by atoms with van der Waals surface area (Å²) in [6.07, 6.45) is 4.74. The van der Waals surface area contributed by atoms with Crippen molar-refractivity contribution in [3.63, 3.8) is 0 Å². The number of anilines is 1. The molecule has 24 heavy (non-hydrogen) atoms. The molecule has 2 nitrogen and oxygen atoms in total. The summed E-state index contributed by atoms with van der Waals surface area (Å²) >= 11 is 6.32. The summed E-state index contributed by atoms with van der Waals surface area (Å²) in [5.74, 6) is 0.0969. The second-order valence-corrected chi connectivity index (χ2v) is 7.07. The highest BCUT2D eigenvalue weighted by atomic mass is 35.5. The zero-order valence-corrected chi connectivity index (χ0v) is 14.7. The SMILES string of the molecule is Cc1ccc(NC(=O)c2cc(Cl)c(C)c(CC3CCC3)c2)cc1F. The molecule has 0 aromatic heterocycles. The largest absolute Gasteiger partial charge is 0.322 e. The average molecular weight is 346 g/mol. The molecular weight excluding hydrogens is 325 g/mol. The highest BCUT2D eigenvalue weighted by molar-refractivity contribution is 6.32. The summed E-state index contributed by atoms with van der Waals surface area (Å²) in [5, 5.41) is 3.35. The molecule has 0 saturated heterocycles. The number of carbonyl (C=O) groups excluding carboxylic acids is 1. The minimum Gasteiger partial charge on any atom is -0.322 e. The number of amides is 1. The first-order valence-corrected chi connectivity index (χ1v) is 8.68. The fourth-order valence-corrected chi connectivity index (χ4v) is 3.20. The van der Waals surface area contributed by atoms with E-state index in [1.165, 1.54) is 25.3 Å². The number of rotatable bonds is 4. The second-order valence-electron chi connectivity index (χ2n) is 6.66. The lowest BCUT2D eigenvalue weighted by atomic mass is 9.80. The van der Waals surface area contributed by atoms with E-state index < -0.39 is 0 Å². The van der Waals surface area contributed by atoms with E-state index in [4.69, 9.17) is 11.6 Å². The van der Waals surface area contributed by atoms with E-state index in [1.54, 1.807) is 25.1 Å². The molecular formula is C20H21ClFNO. The van der Waals surface area contributed by atoms with Gasteiger partial charge in [-0.05, 0) is 67.1 Å². The van der Waals surface area contributed by atoms with Gasteiger partial charge in [-0.2, -0.15) is 0 Å². The number of nitrogens with one attached hydrogen (secondary N) is 1. The molecule has 4 heteroatoms. The lowest BCUT2D eigenvalue weighted by molar-refractivity contribution is 0.102. The Hall–Kier alpha value is -1.87. The molecule has 0 bridgehead atoms. The Morgan fingerprint density at radius 3 is 2.62 bits per heavy atom. The molecule has 0 unspecified atom stereocenters. The predicted octanol–water partition coefficient (Wildman–Crippen LogP) is 5.69. The van der Waals surface area contributed by atoms with Gasteiger partial charge in [0, 0.05) is 16.3 Å². The van der Waals surface area contributed by atoms with Crippen molar-refractivity contribution in [2.75, 3.05) is 5.32 Å². The van der Waals surface area contributed by atoms with Gasteiger partial charge in [-0.1, -0.05) is 36.9 Å². The third kappa shape index (κ3) is 3.62. The van der Waals surface area contributed by atoms with Crippen LogP contribution in [0.4, 0.5) is 10.1 Å². The number of hydrogen-bond acceptors (Lipinski definition) is 1. The molecule has 1 N–H and O–H groups in total. The molecule has 1 aliphatic rings. The summed E-state index contributed by atoms with van der Waals surface area (Å²) in [4.78, 5) is 12.5. The van der Waals surface area contributed by atoms with E-state index in [-0.39, 0.29) is 11.7 Å². The molecule has 2 aromatic rings. The van der Waals surface area contributed by atoms with Gasteiger partial charge in [0.05, 0.1) is 0 Å². The standard InChI is InChI=1S/C20H21ClFNO/c1-12-6-7-17(11-19(12)22)23-20(24)16-9-15(8-14-4-3-5-14)13(2)18(21)10-16/h6-7,9-11,14H,3-5,8H2,1-2H3,(H,23,24). The van der Waals surface area contributed by atoms with Crippen LogP contribution < -0.4 is 5.32 Å². The Morgan fingerprint density at radius 2 is 2.00 bits per heavy atom. The monoisotopic (exact) mass is 345 g/mol. The fraction of sp³-hybridized carbons (Fsp3) is 0.350. The lowest BCUT2D eigenvalue weighted by Crippen LogP contribution is -2.16. The second kappa shape index (κ2) is 6.94. The molecule has 0 heterocycles. The molecule has 1 saturated carbocycles. The third-order valence-electron chi connectivity index (χ3n) is 4.88. The molecule has 0 atom stereocenters. The smallest absolute Gasteiger partial charge is 0.255 e. The Kier molecular flexibility index (Phi) is 4.91. The Labute approximate surface area is 147 Å². The lowest BCUT2D eigenvalue weighted by Gasteiger charge is -2.26. The van der Waals surface area contributed by atoms with Gasteiger partial charge < -0.3 is 5.32 Å². The van der Waals surface area contributed by atoms with Crippen molar-refractivity contribution in [3.8, 4) is 0 Å². The first-order chi connectivity index (χ1) is 11.4. The van der Waals surface area contributed by atoms with Crippen LogP contribution in [0, 0.1) is 25.6 Å². The van der Waals surface area contributed by atoms with Crippen LogP contribution in [0.1, 0.15) is 46.3 Å². The number of aryl methyl sites for hydroxylation is 1. The summed E-state index contributed by atoms with van der Waals surface area (Å²) in [5.41, 5.74) is 3.68. The van der Waals surface area contributed by atoms with Crippen molar-refractivity contribution in [3.05, 3.63) is 63.4 Å². The van der Waals surface area contributed by atoms with Crippen LogP contribution in [0.2, 0.25) is 5.02 Å². The first kappa shape index (κ1) is 17.0. The Bertz CT molecular complexity index is 783. The van der Waals surface area contributed by atoms with Gasteiger partial charge in [0.2, 0.25) is 0 Å². The maximum atomic E-state index is 13.6. The van der Waals surface area contributed by atoms with E-state index in [0.717, 1.165) is 17.5 Å². The van der Waals surface area contributed by atoms with Gasteiger partial charge in [-0.25, -0.2) is 4.39 Å². The quantitative estimate of drug-likeness (QED) is 0.757. The highest BCUT2D eigenvalue weighted by Gasteiger charge is 2.20. The van der Waals surface area contributed by atoms with Crippen LogP contribution >= 0.6 is 11.6 Å². The number of carbonyl (C=O) groups is 1. The summed E-state index contributed by atoms with van der Waals surface area (Å²) in [7, 11) is 0. The van der Waals surface area contributed by atoms with Gasteiger partial charge in [0.15, 0.2) is 0 Å². The van der Waals surface area contributed by atoms with Crippen LogP contribution in [0.5, 0.6) is 0 Å². The topological polar surface area (TPSA) is 29.1 Å². The van der Waals surface area contributed by atoms with E-state index in [9.17, 15) is 9.18 Å². The summed E-state index contributed by atoms with van der Waals surface area (Å²) in [6, 6.07) is 8.27. The van der Waals surface area contributed by atoms with Crippen molar-refractivity contribution in [2.24, 2.45) is 5.92 Å². The summed E-state index contributed by atoms with van der Waals surface area (Å²) < 4.78 is 13.6. The van der Waals surface area contributed by atoms with Crippen molar-refractivity contribution < 1.29 is 9.18 Å². The molecule has 2 aromatic carbocycles. The van der Waals surface area contributed by atoms with Gasteiger partial charge in [-0.3, -0.25) is 4.79 Å². The molecule has 0 spiro atoms. The molecule has 1 amide bonds. The molecule has 1 aliphatic carbocycles. The predicted molar refractivity (Wildman–Crippen MR) is 96.3 cm³/mol. The molecule has 0 radical (unpaired) electrons. The van der Waals surface area contributed by atoms with Gasteiger partial charge in [0.1, 0.15) is 5.82 Å². The van der Waals surface area contributed by atoms with Crippen LogP contribution in [-0.4, -0.2) is 5.91 Å². The molecule has 1 fully saturated rings. The van der Waals surface area contributed by atoms with Crippen molar-refractivity contribution >= 4 is 23.2 Å². The maximum absolute atomic E-state index is 13.6. The maximum Gasteiger partial charge on any atom is 0.255 e. The zero-order chi connectivity index (χ0) is 17.3. The van der Waals surface area contributed by atoms with E-state index >= 15 is 0 Å². The van der Waals surface area contributed by atoms with E-state index in [1.807, 2.05) is 13.0 Å². The molecule has 0 aliphatic heterocycles. The number of benzene rings is 2. The van der Waals surface area contributed by atoms with Crippen LogP contribution in [-0.2, 0) is 6.42 Å². The minimum absolute atomic E-state index is 0.269. The normalized spacial score (nSPS) is 14.3. The fourth-order valence-electron chi connectivity index (χ4n) is 2.96. The highest BCUT2D eigenvalue weighted by Crippen LogP contribution is 2.32. The first-order valence-electron chi connectivity index (χ1n) is 8.30. The van der Waals surface area contributed by atoms with Crippen molar-refractivity contribution in [1.29, 1.82) is 0 Å². The van der Waals surface area contributed by atoms with E-state index in [2.05, 4.69) is 5.32 Å². The third-order valence-corrected chi connectivity index (χ3v) is 5.27. The Balaban J connectivity index is 1.81. The van der Waals surface area contributed by atoms with Crippen LogP contribution in [0.15, 0.2) is 30.3 Å².